The number of nitrogens with zero attached hydrogens (tertiary/aromatic N) is 1. The van der Waals surface area contributed by atoms with E-state index in [2.05, 4.69) is 32.6 Å². The Morgan fingerprint density at radius 2 is 1.82 bits per heavy atom. The lowest BCUT2D eigenvalue weighted by Gasteiger charge is -2.41. The first kappa shape index (κ1) is 15.0. The van der Waals surface area contributed by atoms with E-state index in [1.165, 1.54) is 38.6 Å². The van der Waals surface area contributed by atoms with Crippen LogP contribution < -0.4 is 5.73 Å². The first-order chi connectivity index (χ1) is 8.12. The topological polar surface area (TPSA) is 29.3 Å². The van der Waals surface area contributed by atoms with E-state index in [9.17, 15) is 0 Å². The molecule has 0 aromatic heterocycles. The maximum Gasteiger partial charge on any atom is 0.0249 e. The molecule has 102 valence electrons. The largest absolute Gasteiger partial charge is 0.326 e. The van der Waals surface area contributed by atoms with Crippen LogP contribution in [0.4, 0.5) is 0 Å². The maximum absolute atomic E-state index is 6.33. The van der Waals surface area contributed by atoms with Gasteiger partial charge in [-0.3, -0.25) is 4.90 Å². The van der Waals surface area contributed by atoms with Crippen LogP contribution in [0.2, 0.25) is 0 Å². The summed E-state index contributed by atoms with van der Waals surface area (Å²) in [6, 6.07) is 1.03. The Labute approximate surface area is 108 Å². The normalized spacial score (nSPS) is 30.2. The first-order valence-corrected chi connectivity index (χ1v) is 7.61. The quantitative estimate of drug-likeness (QED) is 0.772. The van der Waals surface area contributed by atoms with Crippen molar-refractivity contribution in [3.05, 3.63) is 0 Å². The van der Waals surface area contributed by atoms with Gasteiger partial charge in [0.1, 0.15) is 0 Å². The van der Waals surface area contributed by atoms with Gasteiger partial charge in [-0.05, 0) is 37.6 Å². The van der Waals surface area contributed by atoms with Crippen LogP contribution in [0, 0.1) is 11.8 Å². The molecule has 1 saturated carbocycles. The standard InChI is InChI=1S/C15H32N2/c1-5-13(6-2)11-17(7-3)15-10-12(4)8-9-14(15)16/h12-15H,5-11,16H2,1-4H3. The van der Waals surface area contributed by atoms with Crippen LogP contribution in [0.3, 0.4) is 0 Å². The Kier molecular flexibility index (Phi) is 6.50. The molecular formula is C15H32N2. The molecule has 0 aromatic carbocycles. The molecular weight excluding hydrogens is 208 g/mol. The summed E-state index contributed by atoms with van der Waals surface area (Å²) in [5.41, 5.74) is 6.33. The second-order valence-electron chi connectivity index (χ2n) is 5.92. The zero-order valence-electron chi connectivity index (χ0n) is 12.3. The zero-order valence-corrected chi connectivity index (χ0v) is 12.3. The van der Waals surface area contributed by atoms with Gasteiger partial charge >= 0.3 is 0 Å². The van der Waals surface area contributed by atoms with Gasteiger partial charge in [-0.15, -0.1) is 0 Å². The third-order valence-electron chi connectivity index (χ3n) is 4.65. The van der Waals surface area contributed by atoms with Crippen LogP contribution in [0.25, 0.3) is 0 Å². The van der Waals surface area contributed by atoms with E-state index in [0.29, 0.717) is 12.1 Å². The molecule has 0 radical (unpaired) electrons. The molecule has 0 bridgehead atoms. The van der Waals surface area contributed by atoms with Crippen molar-refractivity contribution >= 4 is 0 Å². The monoisotopic (exact) mass is 240 g/mol. The highest BCUT2D eigenvalue weighted by atomic mass is 15.2. The van der Waals surface area contributed by atoms with Gasteiger partial charge in [-0.1, -0.05) is 40.5 Å². The van der Waals surface area contributed by atoms with Crippen molar-refractivity contribution in [2.75, 3.05) is 13.1 Å². The van der Waals surface area contributed by atoms with Crippen LogP contribution in [0.1, 0.15) is 59.8 Å². The smallest absolute Gasteiger partial charge is 0.0249 e. The van der Waals surface area contributed by atoms with Crippen LogP contribution in [-0.4, -0.2) is 30.1 Å². The minimum Gasteiger partial charge on any atom is -0.326 e. The Balaban J connectivity index is 2.58. The number of hydrogen-bond acceptors (Lipinski definition) is 2. The van der Waals surface area contributed by atoms with Crippen molar-refractivity contribution in [1.82, 2.24) is 4.90 Å². The molecule has 3 unspecified atom stereocenters. The number of rotatable bonds is 6. The minimum absolute atomic E-state index is 0.403. The van der Waals surface area contributed by atoms with E-state index < -0.39 is 0 Å². The lowest BCUT2D eigenvalue weighted by atomic mass is 9.82. The van der Waals surface area contributed by atoms with Crippen molar-refractivity contribution < 1.29 is 0 Å². The predicted octanol–water partition coefficient (Wildman–Crippen LogP) is 3.26. The SMILES string of the molecule is CCC(CC)CN(CC)C1CC(C)CCC1N. The summed E-state index contributed by atoms with van der Waals surface area (Å²) >= 11 is 0. The molecule has 1 aliphatic carbocycles. The first-order valence-electron chi connectivity index (χ1n) is 7.61. The number of likely N-dealkylation sites (N-methyl/N-ethyl adjacent to an activating group) is 1. The van der Waals surface area contributed by atoms with Crippen molar-refractivity contribution in [2.45, 2.75) is 71.9 Å². The van der Waals surface area contributed by atoms with Crippen molar-refractivity contribution in [3.63, 3.8) is 0 Å². The second-order valence-corrected chi connectivity index (χ2v) is 5.92. The summed E-state index contributed by atoms with van der Waals surface area (Å²) in [4.78, 5) is 2.65. The lowest BCUT2D eigenvalue weighted by Crippen LogP contribution is -2.52. The molecule has 0 saturated heterocycles. The fourth-order valence-corrected chi connectivity index (χ4v) is 3.17. The Morgan fingerprint density at radius 1 is 1.18 bits per heavy atom. The molecule has 1 fully saturated rings. The third kappa shape index (κ3) is 4.26. The maximum atomic E-state index is 6.33. The highest BCUT2D eigenvalue weighted by Gasteiger charge is 2.30. The average Bonchev–Trinajstić information content (AvgIpc) is 2.34. The van der Waals surface area contributed by atoms with E-state index in [-0.39, 0.29) is 0 Å². The summed E-state index contributed by atoms with van der Waals surface area (Å²) in [6.45, 7) is 11.7. The summed E-state index contributed by atoms with van der Waals surface area (Å²) < 4.78 is 0. The van der Waals surface area contributed by atoms with Crippen LogP contribution >= 0.6 is 0 Å². The van der Waals surface area contributed by atoms with Crippen molar-refractivity contribution in [3.8, 4) is 0 Å². The predicted molar refractivity (Wildman–Crippen MR) is 76.1 cm³/mol. The molecule has 1 aliphatic rings. The molecule has 1 rings (SSSR count). The van der Waals surface area contributed by atoms with Gasteiger partial charge in [0.05, 0.1) is 0 Å². The number of hydrogen-bond donors (Lipinski definition) is 1. The van der Waals surface area contributed by atoms with Crippen molar-refractivity contribution in [1.29, 1.82) is 0 Å². The van der Waals surface area contributed by atoms with Gasteiger partial charge in [0.15, 0.2) is 0 Å². The van der Waals surface area contributed by atoms with E-state index in [0.717, 1.165) is 18.4 Å². The molecule has 2 heteroatoms. The highest BCUT2D eigenvalue weighted by Crippen LogP contribution is 2.27. The Morgan fingerprint density at radius 3 is 2.35 bits per heavy atom. The van der Waals surface area contributed by atoms with Crippen LogP contribution in [0.15, 0.2) is 0 Å². The molecule has 0 amide bonds. The van der Waals surface area contributed by atoms with E-state index in [4.69, 9.17) is 5.73 Å². The third-order valence-corrected chi connectivity index (χ3v) is 4.65. The van der Waals surface area contributed by atoms with Crippen molar-refractivity contribution in [2.24, 2.45) is 17.6 Å². The molecule has 3 atom stereocenters. The van der Waals surface area contributed by atoms with Gasteiger partial charge in [-0.25, -0.2) is 0 Å². The molecule has 0 aliphatic heterocycles. The van der Waals surface area contributed by atoms with Gasteiger partial charge < -0.3 is 5.73 Å². The van der Waals surface area contributed by atoms with E-state index in [1.807, 2.05) is 0 Å². The fourth-order valence-electron chi connectivity index (χ4n) is 3.17. The fraction of sp³-hybridized carbons (Fsp3) is 1.00. The molecule has 0 aromatic rings. The second kappa shape index (κ2) is 7.38. The Hall–Kier alpha value is -0.0800. The van der Waals surface area contributed by atoms with E-state index >= 15 is 0 Å². The van der Waals surface area contributed by atoms with Crippen LogP contribution in [0.5, 0.6) is 0 Å². The van der Waals surface area contributed by atoms with Gasteiger partial charge in [0.25, 0.3) is 0 Å². The summed E-state index contributed by atoms with van der Waals surface area (Å²) in [6.07, 6.45) is 6.43. The minimum atomic E-state index is 0.403. The van der Waals surface area contributed by atoms with Gasteiger partial charge in [-0.2, -0.15) is 0 Å². The van der Waals surface area contributed by atoms with Gasteiger partial charge in [0, 0.05) is 18.6 Å². The molecule has 2 N–H and O–H groups in total. The summed E-state index contributed by atoms with van der Waals surface area (Å²) in [5, 5.41) is 0. The zero-order chi connectivity index (χ0) is 12.8. The summed E-state index contributed by atoms with van der Waals surface area (Å²) in [7, 11) is 0. The lowest BCUT2D eigenvalue weighted by molar-refractivity contribution is 0.102. The molecule has 2 nitrogen and oxygen atoms in total. The highest BCUT2D eigenvalue weighted by molar-refractivity contribution is 4.88. The molecule has 0 heterocycles. The van der Waals surface area contributed by atoms with Gasteiger partial charge in [0.2, 0.25) is 0 Å². The Bertz CT molecular complexity index is 201. The van der Waals surface area contributed by atoms with E-state index in [1.54, 1.807) is 0 Å². The molecule has 17 heavy (non-hydrogen) atoms. The molecule has 0 spiro atoms. The van der Waals surface area contributed by atoms with Crippen LogP contribution in [-0.2, 0) is 0 Å². The summed E-state index contributed by atoms with van der Waals surface area (Å²) in [5.74, 6) is 1.70. The average molecular weight is 240 g/mol. The number of nitrogens with two attached hydrogens (primary N) is 1.